The van der Waals surface area contributed by atoms with Crippen LogP contribution in [0.3, 0.4) is 0 Å². The predicted molar refractivity (Wildman–Crippen MR) is 73.9 cm³/mol. The quantitative estimate of drug-likeness (QED) is 0.729. The Hall–Kier alpha value is -2.56. The van der Waals surface area contributed by atoms with Crippen LogP contribution in [0.5, 0.6) is 11.5 Å². The lowest BCUT2D eigenvalue weighted by Gasteiger charge is -2.08. The summed E-state index contributed by atoms with van der Waals surface area (Å²) in [6.07, 6.45) is 0. The van der Waals surface area contributed by atoms with Crippen LogP contribution in [0.4, 0.5) is 0 Å². The van der Waals surface area contributed by atoms with Crippen LogP contribution in [-0.4, -0.2) is 17.1 Å². The molecule has 0 spiro atoms. The molecule has 3 aromatic rings. The van der Waals surface area contributed by atoms with Crippen molar-refractivity contribution < 1.29 is 13.9 Å². The first-order chi connectivity index (χ1) is 9.76. The molecule has 0 atom stereocenters. The van der Waals surface area contributed by atoms with Crippen LogP contribution >= 0.6 is 0 Å². The predicted octanol–water partition coefficient (Wildman–Crippen LogP) is 3.12. The van der Waals surface area contributed by atoms with Gasteiger partial charge >= 0.3 is 0 Å². The molecule has 20 heavy (non-hydrogen) atoms. The van der Waals surface area contributed by atoms with Crippen molar-refractivity contribution in [3.63, 3.8) is 0 Å². The number of methoxy groups -OCH3 is 1. The van der Waals surface area contributed by atoms with E-state index in [0.717, 1.165) is 11.2 Å². The summed E-state index contributed by atoms with van der Waals surface area (Å²) in [7, 11) is 1.61. The molecule has 0 aliphatic heterocycles. The number of rotatable bonds is 4. The third-order valence-electron chi connectivity index (χ3n) is 2.86. The van der Waals surface area contributed by atoms with Crippen molar-refractivity contribution in [2.45, 2.75) is 13.5 Å². The highest BCUT2D eigenvalue weighted by atomic mass is 16.5. The van der Waals surface area contributed by atoms with E-state index < -0.39 is 0 Å². The van der Waals surface area contributed by atoms with E-state index in [1.165, 1.54) is 0 Å². The maximum absolute atomic E-state index is 5.66. The zero-order valence-electron chi connectivity index (χ0n) is 11.3. The van der Waals surface area contributed by atoms with Gasteiger partial charge in [-0.15, -0.1) is 0 Å². The molecule has 0 aliphatic carbocycles. The number of ether oxygens (including phenoxy) is 2. The molecule has 2 heterocycles. The largest absolute Gasteiger partial charge is 0.493 e. The number of nitrogens with zero attached hydrogens (tertiary/aromatic N) is 2. The number of para-hydroxylation sites is 2. The van der Waals surface area contributed by atoms with Crippen molar-refractivity contribution in [3.8, 4) is 11.5 Å². The Balaban J connectivity index is 1.79. The maximum atomic E-state index is 5.66. The second kappa shape index (κ2) is 5.21. The van der Waals surface area contributed by atoms with Crippen LogP contribution in [0, 0.1) is 6.92 Å². The fourth-order valence-corrected chi connectivity index (χ4v) is 1.89. The molecule has 2 aromatic heterocycles. The van der Waals surface area contributed by atoms with E-state index in [2.05, 4.69) is 9.97 Å². The highest BCUT2D eigenvalue weighted by Gasteiger charge is 2.09. The average Bonchev–Trinajstić information content (AvgIpc) is 2.87. The monoisotopic (exact) mass is 270 g/mol. The summed E-state index contributed by atoms with van der Waals surface area (Å²) < 4.78 is 16.4. The van der Waals surface area contributed by atoms with E-state index in [1.54, 1.807) is 7.11 Å². The molecule has 0 amide bonds. The minimum absolute atomic E-state index is 0.232. The topological polar surface area (TPSA) is 57.4 Å². The van der Waals surface area contributed by atoms with Gasteiger partial charge in [0.1, 0.15) is 5.52 Å². The number of benzene rings is 1. The molecule has 102 valence electrons. The molecule has 0 saturated heterocycles. The molecule has 0 radical (unpaired) electrons. The van der Waals surface area contributed by atoms with Gasteiger partial charge in [-0.05, 0) is 31.2 Å². The Labute approximate surface area is 116 Å². The molecule has 0 fully saturated rings. The number of hydrogen-bond acceptors (Lipinski definition) is 5. The summed E-state index contributed by atoms with van der Waals surface area (Å²) in [4.78, 5) is 8.61. The lowest BCUT2D eigenvalue weighted by molar-refractivity contribution is 0.253. The number of aryl methyl sites for hydroxylation is 1. The minimum Gasteiger partial charge on any atom is -0.493 e. The Bertz CT molecular complexity index is 737. The van der Waals surface area contributed by atoms with E-state index in [0.29, 0.717) is 23.1 Å². The van der Waals surface area contributed by atoms with Gasteiger partial charge in [-0.3, -0.25) is 0 Å². The van der Waals surface area contributed by atoms with Crippen molar-refractivity contribution in [1.29, 1.82) is 0 Å². The average molecular weight is 270 g/mol. The number of aromatic nitrogens is 2. The molecule has 5 nitrogen and oxygen atoms in total. The zero-order chi connectivity index (χ0) is 13.9. The second-order valence-electron chi connectivity index (χ2n) is 4.32. The van der Waals surface area contributed by atoms with Crippen LogP contribution in [0.15, 0.2) is 40.8 Å². The third kappa shape index (κ3) is 2.42. The Morgan fingerprint density at radius 1 is 1.05 bits per heavy atom. The number of fused-ring (bicyclic) bond motifs is 1. The molecule has 0 saturated carbocycles. The standard InChI is InChI=1S/C15H14N2O3/c1-10-7-8-11-15(16-10)20-14(17-11)9-19-13-6-4-3-5-12(13)18-2/h3-8H,9H2,1-2H3. The summed E-state index contributed by atoms with van der Waals surface area (Å²) in [6.45, 7) is 2.14. The van der Waals surface area contributed by atoms with Gasteiger partial charge < -0.3 is 13.9 Å². The zero-order valence-corrected chi connectivity index (χ0v) is 11.3. The lowest BCUT2D eigenvalue weighted by atomic mass is 10.3. The molecular weight excluding hydrogens is 256 g/mol. The van der Waals surface area contributed by atoms with Crippen LogP contribution in [0.2, 0.25) is 0 Å². The van der Waals surface area contributed by atoms with Gasteiger partial charge in [0.2, 0.25) is 11.6 Å². The first-order valence-corrected chi connectivity index (χ1v) is 6.25. The van der Waals surface area contributed by atoms with Gasteiger partial charge in [0, 0.05) is 5.69 Å². The number of pyridine rings is 1. The first kappa shape index (κ1) is 12.5. The van der Waals surface area contributed by atoms with Gasteiger partial charge in [0.15, 0.2) is 18.1 Å². The summed E-state index contributed by atoms with van der Waals surface area (Å²) >= 11 is 0. The molecular formula is C15H14N2O3. The van der Waals surface area contributed by atoms with Crippen LogP contribution < -0.4 is 9.47 Å². The number of oxazole rings is 1. The molecule has 3 rings (SSSR count). The Kier molecular flexibility index (Phi) is 3.25. The smallest absolute Gasteiger partial charge is 0.247 e. The minimum atomic E-state index is 0.232. The van der Waals surface area contributed by atoms with Crippen molar-refractivity contribution >= 4 is 11.2 Å². The van der Waals surface area contributed by atoms with Crippen molar-refractivity contribution in [3.05, 3.63) is 48.0 Å². The molecule has 0 aliphatic rings. The van der Waals surface area contributed by atoms with E-state index in [-0.39, 0.29) is 6.61 Å². The second-order valence-corrected chi connectivity index (χ2v) is 4.32. The van der Waals surface area contributed by atoms with Gasteiger partial charge in [0.25, 0.3) is 0 Å². The van der Waals surface area contributed by atoms with Gasteiger partial charge in [0.05, 0.1) is 7.11 Å². The normalized spacial score (nSPS) is 10.7. The molecule has 0 unspecified atom stereocenters. The molecule has 0 bridgehead atoms. The fourth-order valence-electron chi connectivity index (χ4n) is 1.89. The van der Waals surface area contributed by atoms with Crippen LogP contribution in [0.25, 0.3) is 11.2 Å². The Morgan fingerprint density at radius 2 is 1.85 bits per heavy atom. The van der Waals surface area contributed by atoms with Gasteiger partial charge in [-0.25, -0.2) is 9.97 Å². The van der Waals surface area contributed by atoms with Gasteiger partial charge in [-0.2, -0.15) is 0 Å². The highest BCUT2D eigenvalue weighted by Crippen LogP contribution is 2.26. The molecule has 5 heteroatoms. The molecule has 1 aromatic carbocycles. The van der Waals surface area contributed by atoms with E-state index in [9.17, 15) is 0 Å². The molecule has 0 N–H and O–H groups in total. The van der Waals surface area contributed by atoms with Gasteiger partial charge in [-0.1, -0.05) is 12.1 Å². The summed E-state index contributed by atoms with van der Waals surface area (Å²) in [5.74, 6) is 1.82. The SMILES string of the molecule is COc1ccccc1OCc1nc2ccc(C)nc2o1. The summed E-state index contributed by atoms with van der Waals surface area (Å²) in [6, 6.07) is 11.2. The lowest BCUT2D eigenvalue weighted by Crippen LogP contribution is -1.97. The van der Waals surface area contributed by atoms with Crippen LogP contribution in [0.1, 0.15) is 11.6 Å². The van der Waals surface area contributed by atoms with E-state index >= 15 is 0 Å². The number of hydrogen-bond donors (Lipinski definition) is 0. The summed E-state index contributed by atoms with van der Waals surface area (Å²) in [5, 5.41) is 0. The van der Waals surface area contributed by atoms with E-state index in [4.69, 9.17) is 13.9 Å². The van der Waals surface area contributed by atoms with E-state index in [1.807, 2.05) is 43.3 Å². The fraction of sp³-hybridized carbons (Fsp3) is 0.200. The first-order valence-electron chi connectivity index (χ1n) is 6.25. The van der Waals surface area contributed by atoms with Crippen molar-refractivity contribution in [2.24, 2.45) is 0 Å². The third-order valence-corrected chi connectivity index (χ3v) is 2.86. The highest BCUT2D eigenvalue weighted by molar-refractivity contribution is 5.67. The summed E-state index contributed by atoms with van der Waals surface area (Å²) in [5.41, 5.74) is 2.16. The maximum Gasteiger partial charge on any atom is 0.247 e. The Morgan fingerprint density at radius 3 is 2.65 bits per heavy atom. The van der Waals surface area contributed by atoms with Crippen molar-refractivity contribution in [2.75, 3.05) is 7.11 Å². The van der Waals surface area contributed by atoms with Crippen molar-refractivity contribution in [1.82, 2.24) is 9.97 Å². The van der Waals surface area contributed by atoms with Crippen LogP contribution in [-0.2, 0) is 6.61 Å².